The summed E-state index contributed by atoms with van der Waals surface area (Å²) < 4.78 is 0. The van der Waals surface area contributed by atoms with Crippen molar-refractivity contribution in [3.05, 3.63) is 108 Å². The molecule has 1 aromatic heterocycles. The summed E-state index contributed by atoms with van der Waals surface area (Å²) in [5, 5.41) is 7.67. The zero-order valence-electron chi connectivity index (χ0n) is 15.9. The molecule has 0 spiro atoms. The summed E-state index contributed by atoms with van der Waals surface area (Å²) >= 11 is 0. The lowest BCUT2D eigenvalue weighted by Crippen LogP contribution is -1.83. The molecule has 29 heavy (non-hydrogen) atoms. The minimum absolute atomic E-state index is 1.18. The van der Waals surface area contributed by atoms with Gasteiger partial charge in [-0.2, -0.15) is 0 Å². The van der Waals surface area contributed by atoms with Crippen LogP contribution >= 0.6 is 0 Å². The molecular formula is C28H19N. The van der Waals surface area contributed by atoms with Crippen molar-refractivity contribution in [2.75, 3.05) is 0 Å². The van der Waals surface area contributed by atoms with Gasteiger partial charge >= 0.3 is 0 Å². The molecule has 0 fully saturated rings. The third-order valence-corrected chi connectivity index (χ3v) is 5.79. The molecule has 0 atom stereocenters. The van der Waals surface area contributed by atoms with E-state index in [0.29, 0.717) is 0 Å². The normalized spacial score (nSPS) is 12.0. The molecule has 0 aliphatic rings. The third kappa shape index (κ3) is 2.63. The number of hydrogen-bond acceptors (Lipinski definition) is 0. The topological polar surface area (TPSA) is 15.8 Å². The number of para-hydroxylation sites is 1. The van der Waals surface area contributed by atoms with Gasteiger partial charge in [-0.1, -0.05) is 84.9 Å². The van der Waals surface area contributed by atoms with Gasteiger partial charge in [-0.15, -0.1) is 0 Å². The number of hydrogen-bond donors (Lipinski definition) is 1. The monoisotopic (exact) mass is 369 g/mol. The van der Waals surface area contributed by atoms with Crippen molar-refractivity contribution in [1.29, 1.82) is 0 Å². The van der Waals surface area contributed by atoms with Gasteiger partial charge < -0.3 is 4.98 Å². The van der Waals surface area contributed by atoms with Crippen molar-refractivity contribution in [1.82, 2.24) is 4.98 Å². The van der Waals surface area contributed by atoms with Crippen LogP contribution < -0.4 is 0 Å². The largest absolute Gasteiger partial charge is 0.355 e. The fourth-order valence-corrected chi connectivity index (χ4v) is 4.38. The molecule has 0 amide bonds. The van der Waals surface area contributed by atoms with E-state index < -0.39 is 0 Å². The molecule has 0 saturated heterocycles. The van der Waals surface area contributed by atoms with E-state index in [2.05, 4.69) is 114 Å². The van der Waals surface area contributed by atoms with E-state index in [0.717, 1.165) is 0 Å². The fraction of sp³-hybridized carbons (Fsp3) is 0. The Labute approximate surface area is 168 Å². The Kier molecular flexibility index (Phi) is 3.54. The van der Waals surface area contributed by atoms with E-state index in [9.17, 15) is 0 Å². The molecule has 6 rings (SSSR count). The highest BCUT2D eigenvalue weighted by Crippen LogP contribution is 2.31. The molecule has 0 saturated carbocycles. The van der Waals surface area contributed by atoms with E-state index in [1.54, 1.807) is 0 Å². The molecule has 0 unspecified atom stereocenters. The molecule has 1 nitrogen and oxygen atoms in total. The average molecular weight is 369 g/mol. The summed E-state index contributed by atoms with van der Waals surface area (Å²) in [6.07, 6.45) is 4.50. The Morgan fingerprint density at radius 2 is 1.10 bits per heavy atom. The first-order valence-corrected chi connectivity index (χ1v) is 9.96. The second kappa shape index (κ2) is 6.35. The maximum atomic E-state index is 3.50. The minimum Gasteiger partial charge on any atom is -0.355 e. The van der Waals surface area contributed by atoms with Gasteiger partial charge in [0.2, 0.25) is 0 Å². The highest BCUT2D eigenvalue weighted by atomic mass is 14.7. The summed E-state index contributed by atoms with van der Waals surface area (Å²) in [6.45, 7) is 0. The van der Waals surface area contributed by atoms with Crippen molar-refractivity contribution >= 4 is 55.5 Å². The molecule has 0 aliphatic carbocycles. The smallest absolute Gasteiger partial charge is 0.0465 e. The fourth-order valence-electron chi connectivity index (χ4n) is 4.38. The Morgan fingerprint density at radius 1 is 0.483 bits per heavy atom. The standard InChI is InChI=1S/C28H19N/c1-3-9-22-20(7-1)18-21-8-2-4-10-23(21)24(22)15-13-19-14-16-28-26(17-19)25-11-5-6-12-27(25)29-28/h1-18,29H/b15-13+. The average Bonchev–Trinajstić information content (AvgIpc) is 3.14. The highest BCUT2D eigenvalue weighted by Gasteiger charge is 2.06. The van der Waals surface area contributed by atoms with Crippen LogP contribution in [0.15, 0.2) is 97.1 Å². The van der Waals surface area contributed by atoms with E-state index >= 15 is 0 Å². The van der Waals surface area contributed by atoms with Crippen LogP contribution in [0.3, 0.4) is 0 Å². The summed E-state index contributed by atoms with van der Waals surface area (Å²) in [4.78, 5) is 3.50. The molecule has 5 aromatic carbocycles. The summed E-state index contributed by atoms with van der Waals surface area (Å²) in [7, 11) is 0. The van der Waals surface area contributed by atoms with Gasteiger partial charge in [0.15, 0.2) is 0 Å². The maximum absolute atomic E-state index is 3.50. The Bertz CT molecular complexity index is 1500. The van der Waals surface area contributed by atoms with Crippen LogP contribution in [0.5, 0.6) is 0 Å². The lowest BCUT2D eigenvalue weighted by Gasteiger charge is -2.08. The quantitative estimate of drug-likeness (QED) is 0.237. The van der Waals surface area contributed by atoms with Crippen molar-refractivity contribution in [2.24, 2.45) is 0 Å². The van der Waals surface area contributed by atoms with Crippen LogP contribution in [0.1, 0.15) is 11.1 Å². The van der Waals surface area contributed by atoms with Crippen LogP contribution in [0, 0.1) is 0 Å². The molecule has 136 valence electrons. The molecule has 0 aliphatic heterocycles. The molecular weight excluding hydrogens is 350 g/mol. The lowest BCUT2D eigenvalue weighted by molar-refractivity contribution is 1.54. The van der Waals surface area contributed by atoms with Gasteiger partial charge in [0.1, 0.15) is 0 Å². The van der Waals surface area contributed by atoms with E-state index in [-0.39, 0.29) is 0 Å². The first kappa shape index (κ1) is 16.1. The van der Waals surface area contributed by atoms with Gasteiger partial charge in [-0.25, -0.2) is 0 Å². The van der Waals surface area contributed by atoms with Crippen LogP contribution in [-0.2, 0) is 0 Å². The molecule has 1 N–H and O–H groups in total. The van der Waals surface area contributed by atoms with Crippen LogP contribution in [0.2, 0.25) is 0 Å². The van der Waals surface area contributed by atoms with E-state index in [1.165, 1.54) is 54.5 Å². The Morgan fingerprint density at radius 3 is 1.86 bits per heavy atom. The van der Waals surface area contributed by atoms with Crippen LogP contribution in [-0.4, -0.2) is 4.98 Å². The Balaban J connectivity index is 1.54. The third-order valence-electron chi connectivity index (χ3n) is 5.79. The first-order valence-electron chi connectivity index (χ1n) is 9.96. The van der Waals surface area contributed by atoms with Crippen LogP contribution in [0.25, 0.3) is 55.5 Å². The second-order valence-corrected chi connectivity index (χ2v) is 7.54. The lowest BCUT2D eigenvalue weighted by atomic mass is 9.96. The number of rotatable bonds is 2. The van der Waals surface area contributed by atoms with Gasteiger partial charge in [0.05, 0.1) is 0 Å². The van der Waals surface area contributed by atoms with Gasteiger partial charge in [0, 0.05) is 21.8 Å². The predicted molar refractivity (Wildman–Crippen MR) is 126 cm³/mol. The molecule has 0 radical (unpaired) electrons. The number of benzene rings is 5. The van der Waals surface area contributed by atoms with Crippen molar-refractivity contribution < 1.29 is 0 Å². The number of fused-ring (bicyclic) bond motifs is 5. The Hall–Kier alpha value is -3.84. The van der Waals surface area contributed by atoms with E-state index in [1.807, 2.05) is 0 Å². The first-order chi connectivity index (χ1) is 14.4. The minimum atomic E-state index is 1.18. The SMILES string of the molecule is C(=C\c1c2ccccc2cc2ccccc12)/c1ccc2[nH]c3ccccc3c2c1. The van der Waals surface area contributed by atoms with Crippen molar-refractivity contribution in [2.45, 2.75) is 0 Å². The van der Waals surface area contributed by atoms with Gasteiger partial charge in [0.25, 0.3) is 0 Å². The van der Waals surface area contributed by atoms with Crippen LogP contribution in [0.4, 0.5) is 0 Å². The number of aromatic nitrogens is 1. The van der Waals surface area contributed by atoms with E-state index in [4.69, 9.17) is 0 Å². The van der Waals surface area contributed by atoms with Gasteiger partial charge in [-0.05, 0) is 56.9 Å². The highest BCUT2D eigenvalue weighted by molar-refractivity contribution is 6.09. The summed E-state index contributed by atoms with van der Waals surface area (Å²) in [6, 6.07) is 34.7. The molecule has 1 heterocycles. The van der Waals surface area contributed by atoms with Crippen molar-refractivity contribution in [3.8, 4) is 0 Å². The number of nitrogens with one attached hydrogen (secondary N) is 1. The number of aromatic amines is 1. The zero-order valence-corrected chi connectivity index (χ0v) is 15.9. The summed E-state index contributed by atoms with van der Waals surface area (Å²) in [5.74, 6) is 0. The second-order valence-electron chi connectivity index (χ2n) is 7.54. The zero-order chi connectivity index (χ0) is 19.2. The predicted octanol–water partition coefficient (Wildman–Crippen LogP) is 7.80. The maximum Gasteiger partial charge on any atom is 0.0465 e. The van der Waals surface area contributed by atoms with Crippen molar-refractivity contribution in [3.63, 3.8) is 0 Å². The van der Waals surface area contributed by atoms with Gasteiger partial charge in [-0.3, -0.25) is 0 Å². The summed E-state index contributed by atoms with van der Waals surface area (Å²) in [5.41, 5.74) is 4.85. The molecule has 6 aromatic rings. The molecule has 0 bridgehead atoms. The molecule has 1 heteroatoms. The number of H-pyrrole nitrogens is 1.